The first kappa shape index (κ1) is 10.1. The first-order valence-electron chi connectivity index (χ1n) is 3.41. The van der Waals surface area contributed by atoms with E-state index in [9.17, 15) is 9.59 Å². The number of carbonyl (C=O) groups excluding carboxylic acids is 2. The summed E-state index contributed by atoms with van der Waals surface area (Å²) in [5, 5.41) is 8.72. The van der Waals surface area contributed by atoms with Crippen molar-refractivity contribution in [1.29, 1.82) is 0 Å². The molecule has 0 bridgehead atoms. The van der Waals surface area contributed by atoms with Gasteiger partial charge in [-0.15, -0.1) is 0 Å². The van der Waals surface area contributed by atoms with Gasteiger partial charge in [-0.3, -0.25) is 4.79 Å². The largest absolute Gasteiger partial charge is 0.469 e. The number of hydrogen-bond donors (Lipinski definition) is 1. The van der Waals surface area contributed by atoms with Gasteiger partial charge < -0.3 is 14.6 Å². The SMILES string of the molecule is COC(=O)CCCC(O)C=O. The Labute approximate surface area is 65.2 Å². The number of esters is 1. The molecule has 1 unspecified atom stereocenters. The van der Waals surface area contributed by atoms with Crippen molar-refractivity contribution in [3.63, 3.8) is 0 Å². The molecule has 0 saturated heterocycles. The lowest BCUT2D eigenvalue weighted by atomic mass is 10.2. The maximum atomic E-state index is 10.5. The van der Waals surface area contributed by atoms with Crippen LogP contribution in [-0.2, 0) is 14.3 Å². The Morgan fingerprint density at radius 1 is 1.73 bits per heavy atom. The van der Waals surface area contributed by atoms with Gasteiger partial charge in [0.2, 0.25) is 0 Å². The van der Waals surface area contributed by atoms with E-state index < -0.39 is 6.10 Å². The van der Waals surface area contributed by atoms with Crippen molar-refractivity contribution < 1.29 is 19.4 Å². The maximum Gasteiger partial charge on any atom is 0.305 e. The Bertz CT molecular complexity index is 132. The fraction of sp³-hybridized carbons (Fsp3) is 0.714. The van der Waals surface area contributed by atoms with E-state index in [0.29, 0.717) is 19.1 Å². The molecule has 0 heterocycles. The molecule has 4 heteroatoms. The van der Waals surface area contributed by atoms with Crippen LogP contribution in [0.25, 0.3) is 0 Å². The number of rotatable bonds is 5. The fourth-order valence-corrected chi connectivity index (χ4v) is 0.626. The standard InChI is InChI=1S/C7H12O4/c1-11-7(10)4-2-3-6(9)5-8/h5-6,9H,2-4H2,1H3. The monoisotopic (exact) mass is 160 g/mol. The summed E-state index contributed by atoms with van der Waals surface area (Å²) in [4.78, 5) is 20.4. The van der Waals surface area contributed by atoms with E-state index in [1.165, 1.54) is 7.11 Å². The molecule has 0 amide bonds. The van der Waals surface area contributed by atoms with Gasteiger partial charge in [-0.1, -0.05) is 0 Å². The lowest BCUT2D eigenvalue weighted by Gasteiger charge is -2.00. The van der Waals surface area contributed by atoms with Crippen molar-refractivity contribution in [2.45, 2.75) is 25.4 Å². The number of ether oxygens (including phenoxy) is 1. The highest BCUT2D eigenvalue weighted by atomic mass is 16.5. The van der Waals surface area contributed by atoms with E-state index in [1.807, 2.05) is 0 Å². The minimum absolute atomic E-state index is 0.251. The van der Waals surface area contributed by atoms with Crippen molar-refractivity contribution in [1.82, 2.24) is 0 Å². The van der Waals surface area contributed by atoms with Gasteiger partial charge in [0.1, 0.15) is 12.4 Å². The summed E-state index contributed by atoms with van der Waals surface area (Å²) in [7, 11) is 1.30. The summed E-state index contributed by atoms with van der Waals surface area (Å²) in [5.41, 5.74) is 0. The van der Waals surface area contributed by atoms with Crippen LogP contribution < -0.4 is 0 Å². The van der Waals surface area contributed by atoms with Gasteiger partial charge in [-0.05, 0) is 12.8 Å². The Morgan fingerprint density at radius 2 is 2.36 bits per heavy atom. The highest BCUT2D eigenvalue weighted by molar-refractivity contribution is 5.69. The van der Waals surface area contributed by atoms with Crippen LogP contribution >= 0.6 is 0 Å². The molecule has 0 radical (unpaired) electrons. The van der Waals surface area contributed by atoms with E-state index in [2.05, 4.69) is 4.74 Å². The van der Waals surface area contributed by atoms with E-state index in [-0.39, 0.29) is 12.4 Å². The van der Waals surface area contributed by atoms with Crippen LogP contribution in [0.15, 0.2) is 0 Å². The second-order valence-electron chi connectivity index (χ2n) is 2.17. The van der Waals surface area contributed by atoms with Gasteiger partial charge in [0.15, 0.2) is 0 Å². The van der Waals surface area contributed by atoms with Crippen LogP contribution in [0.5, 0.6) is 0 Å². The zero-order chi connectivity index (χ0) is 8.69. The smallest absolute Gasteiger partial charge is 0.305 e. The number of aliphatic hydroxyl groups is 1. The van der Waals surface area contributed by atoms with Crippen LogP contribution in [0.1, 0.15) is 19.3 Å². The molecule has 0 aliphatic heterocycles. The summed E-state index contributed by atoms with van der Waals surface area (Å²) in [6.45, 7) is 0. The van der Waals surface area contributed by atoms with E-state index in [1.54, 1.807) is 0 Å². The average molecular weight is 160 g/mol. The molecule has 4 nitrogen and oxygen atoms in total. The highest BCUT2D eigenvalue weighted by Gasteiger charge is 2.04. The molecular formula is C7H12O4. The van der Waals surface area contributed by atoms with Gasteiger partial charge in [0, 0.05) is 6.42 Å². The number of aliphatic hydroxyl groups excluding tert-OH is 1. The molecule has 1 N–H and O–H groups in total. The normalized spacial score (nSPS) is 12.2. The zero-order valence-electron chi connectivity index (χ0n) is 6.45. The summed E-state index contributed by atoms with van der Waals surface area (Å²) >= 11 is 0. The summed E-state index contributed by atoms with van der Waals surface area (Å²) in [6.07, 6.45) is 0.559. The van der Waals surface area contributed by atoms with Gasteiger partial charge in [0.05, 0.1) is 7.11 Å². The molecule has 1 atom stereocenters. The number of aldehydes is 1. The van der Waals surface area contributed by atoms with Crippen LogP contribution in [0.4, 0.5) is 0 Å². The average Bonchev–Trinajstić information content (AvgIpc) is 2.04. The maximum absolute atomic E-state index is 10.5. The topological polar surface area (TPSA) is 63.6 Å². The summed E-state index contributed by atoms with van der Waals surface area (Å²) in [5.74, 6) is -0.317. The predicted octanol–water partition coefficient (Wildman–Crippen LogP) is -0.111. The van der Waals surface area contributed by atoms with E-state index in [0.717, 1.165) is 0 Å². The lowest BCUT2D eigenvalue weighted by molar-refractivity contribution is -0.140. The van der Waals surface area contributed by atoms with E-state index >= 15 is 0 Å². The molecule has 0 fully saturated rings. The fourth-order valence-electron chi connectivity index (χ4n) is 0.626. The molecule has 0 aliphatic carbocycles. The zero-order valence-corrected chi connectivity index (χ0v) is 6.45. The molecular weight excluding hydrogens is 148 g/mol. The number of hydrogen-bond acceptors (Lipinski definition) is 4. The highest BCUT2D eigenvalue weighted by Crippen LogP contribution is 1.99. The first-order chi connectivity index (χ1) is 5.20. The minimum atomic E-state index is -0.945. The molecule has 0 aromatic rings. The first-order valence-corrected chi connectivity index (χ1v) is 3.41. The van der Waals surface area contributed by atoms with Crippen LogP contribution in [-0.4, -0.2) is 30.6 Å². The van der Waals surface area contributed by atoms with E-state index in [4.69, 9.17) is 5.11 Å². The minimum Gasteiger partial charge on any atom is -0.469 e. The third-order valence-corrected chi connectivity index (χ3v) is 1.27. The second-order valence-corrected chi connectivity index (χ2v) is 2.17. The van der Waals surface area contributed by atoms with Crippen molar-refractivity contribution in [3.05, 3.63) is 0 Å². The number of carbonyl (C=O) groups is 2. The predicted molar refractivity (Wildman–Crippen MR) is 37.9 cm³/mol. The molecule has 0 rings (SSSR count). The van der Waals surface area contributed by atoms with Gasteiger partial charge in [0.25, 0.3) is 0 Å². The van der Waals surface area contributed by atoms with Crippen LogP contribution in [0, 0.1) is 0 Å². The molecule has 0 aromatic heterocycles. The van der Waals surface area contributed by atoms with Gasteiger partial charge in [-0.2, -0.15) is 0 Å². The molecule has 11 heavy (non-hydrogen) atoms. The second kappa shape index (κ2) is 5.85. The molecule has 0 aliphatic rings. The van der Waals surface area contributed by atoms with Crippen molar-refractivity contribution in [3.8, 4) is 0 Å². The summed E-state index contributed by atoms with van der Waals surface area (Å²) < 4.78 is 4.36. The van der Waals surface area contributed by atoms with Crippen LogP contribution in [0.3, 0.4) is 0 Å². The van der Waals surface area contributed by atoms with Crippen LogP contribution in [0.2, 0.25) is 0 Å². The molecule has 0 saturated carbocycles. The Kier molecular flexibility index (Phi) is 5.37. The Balaban J connectivity index is 3.26. The molecule has 0 spiro atoms. The van der Waals surface area contributed by atoms with Crippen molar-refractivity contribution in [2.75, 3.05) is 7.11 Å². The van der Waals surface area contributed by atoms with Crippen molar-refractivity contribution >= 4 is 12.3 Å². The van der Waals surface area contributed by atoms with Crippen molar-refractivity contribution in [2.24, 2.45) is 0 Å². The molecule has 64 valence electrons. The van der Waals surface area contributed by atoms with Gasteiger partial charge in [-0.25, -0.2) is 0 Å². The van der Waals surface area contributed by atoms with Gasteiger partial charge >= 0.3 is 5.97 Å². The quantitative estimate of drug-likeness (QED) is 0.450. The lowest BCUT2D eigenvalue weighted by Crippen LogP contribution is -2.09. The number of methoxy groups -OCH3 is 1. The molecule has 0 aromatic carbocycles. The Morgan fingerprint density at radius 3 is 2.82 bits per heavy atom. The Hall–Kier alpha value is -0.900. The third kappa shape index (κ3) is 5.54. The third-order valence-electron chi connectivity index (χ3n) is 1.27. The summed E-state index contributed by atoms with van der Waals surface area (Å²) in [6, 6.07) is 0.